The lowest BCUT2D eigenvalue weighted by molar-refractivity contribution is -0.121. The predicted octanol–water partition coefficient (Wildman–Crippen LogP) is 2.05. The van der Waals surface area contributed by atoms with Crippen LogP contribution in [0, 0.1) is 6.92 Å². The molecule has 0 aromatic carbocycles. The minimum Gasteiger partial charge on any atom is -0.354 e. The van der Waals surface area contributed by atoms with Gasteiger partial charge in [-0.2, -0.15) is 5.10 Å². The SMILES string of the molecule is CCCCNC(=O)Cn1nc(C)cc1C(F)F. The molecule has 1 heterocycles. The normalized spacial score (nSPS) is 10.9. The minimum atomic E-state index is -2.61. The van der Waals surface area contributed by atoms with Crippen molar-refractivity contribution in [1.82, 2.24) is 15.1 Å². The third-order valence-electron chi connectivity index (χ3n) is 2.30. The molecule has 17 heavy (non-hydrogen) atoms. The molecule has 0 saturated carbocycles. The van der Waals surface area contributed by atoms with Gasteiger partial charge in [0.1, 0.15) is 12.2 Å². The molecule has 0 radical (unpaired) electrons. The second-order valence-corrected chi connectivity index (χ2v) is 3.87. The van der Waals surface area contributed by atoms with E-state index in [0.717, 1.165) is 17.5 Å². The predicted molar refractivity (Wildman–Crippen MR) is 59.8 cm³/mol. The van der Waals surface area contributed by atoms with Crippen LogP contribution < -0.4 is 5.32 Å². The quantitative estimate of drug-likeness (QED) is 0.780. The monoisotopic (exact) mass is 245 g/mol. The summed E-state index contributed by atoms with van der Waals surface area (Å²) in [5.41, 5.74) is 0.273. The highest BCUT2D eigenvalue weighted by molar-refractivity contribution is 5.75. The van der Waals surface area contributed by atoms with Crippen LogP contribution in [-0.4, -0.2) is 22.2 Å². The molecule has 4 nitrogen and oxygen atoms in total. The number of hydrogen-bond acceptors (Lipinski definition) is 2. The second kappa shape index (κ2) is 6.32. The third-order valence-corrected chi connectivity index (χ3v) is 2.30. The number of aryl methyl sites for hydroxylation is 1. The summed E-state index contributed by atoms with van der Waals surface area (Å²) in [4.78, 5) is 11.5. The Bertz CT molecular complexity index is 377. The smallest absolute Gasteiger partial charge is 0.280 e. The van der Waals surface area contributed by atoms with Crippen LogP contribution in [0.3, 0.4) is 0 Å². The number of amides is 1. The van der Waals surface area contributed by atoms with Gasteiger partial charge in [-0.15, -0.1) is 0 Å². The van der Waals surface area contributed by atoms with E-state index in [9.17, 15) is 13.6 Å². The van der Waals surface area contributed by atoms with E-state index < -0.39 is 6.43 Å². The summed E-state index contributed by atoms with van der Waals surface area (Å²) in [5, 5.41) is 6.54. The van der Waals surface area contributed by atoms with Gasteiger partial charge in [-0.3, -0.25) is 9.48 Å². The Morgan fingerprint density at radius 1 is 1.59 bits per heavy atom. The summed E-state index contributed by atoms with van der Waals surface area (Å²) >= 11 is 0. The Hall–Kier alpha value is -1.46. The first-order valence-corrected chi connectivity index (χ1v) is 5.63. The fourth-order valence-electron chi connectivity index (χ4n) is 1.46. The van der Waals surface area contributed by atoms with Crippen molar-refractivity contribution in [1.29, 1.82) is 0 Å². The first kappa shape index (κ1) is 13.6. The maximum Gasteiger partial charge on any atom is 0.280 e. The summed E-state index contributed by atoms with van der Waals surface area (Å²) < 4.78 is 26.3. The summed E-state index contributed by atoms with van der Waals surface area (Å²) in [7, 11) is 0. The first-order chi connectivity index (χ1) is 8.04. The van der Waals surface area contributed by atoms with Gasteiger partial charge >= 0.3 is 0 Å². The molecule has 6 heteroatoms. The van der Waals surface area contributed by atoms with E-state index in [4.69, 9.17) is 0 Å². The summed E-state index contributed by atoms with van der Waals surface area (Å²) in [5.74, 6) is -0.288. The third kappa shape index (κ3) is 4.13. The van der Waals surface area contributed by atoms with Crippen LogP contribution in [0.4, 0.5) is 8.78 Å². The van der Waals surface area contributed by atoms with Gasteiger partial charge in [0.2, 0.25) is 5.91 Å². The van der Waals surface area contributed by atoms with Crippen molar-refractivity contribution in [3.8, 4) is 0 Å². The molecule has 1 aromatic heterocycles. The van der Waals surface area contributed by atoms with Crippen molar-refractivity contribution in [3.05, 3.63) is 17.5 Å². The standard InChI is InChI=1S/C11H17F2N3O/c1-3-4-5-14-10(17)7-16-9(11(12)13)6-8(2)15-16/h6,11H,3-5,7H2,1-2H3,(H,14,17). The zero-order valence-corrected chi connectivity index (χ0v) is 10.0. The molecule has 1 aromatic rings. The molecule has 0 fully saturated rings. The number of alkyl halides is 2. The van der Waals surface area contributed by atoms with Gasteiger partial charge in [-0.05, 0) is 19.4 Å². The molecule has 1 rings (SSSR count). The highest BCUT2D eigenvalue weighted by atomic mass is 19.3. The van der Waals surface area contributed by atoms with Gasteiger partial charge in [-0.25, -0.2) is 8.78 Å². The Morgan fingerprint density at radius 3 is 2.88 bits per heavy atom. The fourth-order valence-corrected chi connectivity index (χ4v) is 1.46. The molecule has 0 aliphatic carbocycles. The Labute approximate surface area is 99.0 Å². The van der Waals surface area contributed by atoms with E-state index in [-0.39, 0.29) is 18.1 Å². The number of halogens is 2. The van der Waals surface area contributed by atoms with E-state index in [0.29, 0.717) is 12.2 Å². The zero-order valence-electron chi connectivity index (χ0n) is 10.0. The highest BCUT2D eigenvalue weighted by Crippen LogP contribution is 2.19. The average molecular weight is 245 g/mol. The van der Waals surface area contributed by atoms with Gasteiger partial charge in [0.25, 0.3) is 6.43 Å². The van der Waals surface area contributed by atoms with Gasteiger partial charge in [0, 0.05) is 6.54 Å². The molecule has 1 N–H and O–H groups in total. The van der Waals surface area contributed by atoms with E-state index in [2.05, 4.69) is 10.4 Å². The number of nitrogens with one attached hydrogen (secondary N) is 1. The van der Waals surface area contributed by atoms with E-state index >= 15 is 0 Å². The Morgan fingerprint density at radius 2 is 2.29 bits per heavy atom. The first-order valence-electron chi connectivity index (χ1n) is 5.63. The van der Waals surface area contributed by atoms with Crippen LogP contribution in [0.15, 0.2) is 6.07 Å². The van der Waals surface area contributed by atoms with Crippen LogP contribution in [-0.2, 0) is 11.3 Å². The molecule has 0 bridgehead atoms. The second-order valence-electron chi connectivity index (χ2n) is 3.87. The van der Waals surface area contributed by atoms with Crippen LogP contribution >= 0.6 is 0 Å². The number of rotatable bonds is 6. The Balaban J connectivity index is 2.58. The number of nitrogens with zero attached hydrogens (tertiary/aromatic N) is 2. The van der Waals surface area contributed by atoms with Crippen molar-refractivity contribution in [2.75, 3.05) is 6.54 Å². The number of aromatic nitrogens is 2. The number of carbonyl (C=O) groups excluding carboxylic acids is 1. The molecule has 0 atom stereocenters. The van der Waals surface area contributed by atoms with Gasteiger partial charge in [0.05, 0.1) is 5.69 Å². The van der Waals surface area contributed by atoms with E-state index in [1.807, 2.05) is 6.92 Å². The Kier molecular flexibility index (Phi) is 5.06. The highest BCUT2D eigenvalue weighted by Gasteiger charge is 2.16. The van der Waals surface area contributed by atoms with Crippen LogP contribution in [0.5, 0.6) is 0 Å². The van der Waals surface area contributed by atoms with E-state index in [1.165, 1.54) is 6.07 Å². The number of unbranched alkanes of at least 4 members (excludes halogenated alkanes) is 1. The van der Waals surface area contributed by atoms with Crippen molar-refractivity contribution in [2.45, 2.75) is 39.7 Å². The van der Waals surface area contributed by atoms with Crippen molar-refractivity contribution < 1.29 is 13.6 Å². The maximum atomic E-state index is 12.6. The van der Waals surface area contributed by atoms with Gasteiger partial charge in [0.15, 0.2) is 0 Å². The lowest BCUT2D eigenvalue weighted by Crippen LogP contribution is -2.29. The lowest BCUT2D eigenvalue weighted by atomic mass is 10.3. The molecule has 1 amide bonds. The van der Waals surface area contributed by atoms with Crippen LogP contribution in [0.25, 0.3) is 0 Å². The topological polar surface area (TPSA) is 46.9 Å². The lowest BCUT2D eigenvalue weighted by Gasteiger charge is -2.07. The van der Waals surface area contributed by atoms with Crippen LogP contribution in [0.1, 0.15) is 37.6 Å². The van der Waals surface area contributed by atoms with Gasteiger partial charge in [-0.1, -0.05) is 13.3 Å². The fraction of sp³-hybridized carbons (Fsp3) is 0.636. The van der Waals surface area contributed by atoms with Gasteiger partial charge < -0.3 is 5.32 Å². The van der Waals surface area contributed by atoms with Crippen LogP contribution in [0.2, 0.25) is 0 Å². The molecule has 0 saturated heterocycles. The molecule has 0 unspecified atom stereocenters. The molecule has 96 valence electrons. The number of hydrogen-bond donors (Lipinski definition) is 1. The van der Waals surface area contributed by atoms with E-state index in [1.54, 1.807) is 6.92 Å². The molecule has 0 aliphatic heterocycles. The summed E-state index contributed by atoms with van der Waals surface area (Å²) in [6.07, 6.45) is -0.755. The molecule has 0 aliphatic rings. The minimum absolute atomic E-state index is 0.156. The maximum absolute atomic E-state index is 12.6. The average Bonchev–Trinajstić information content (AvgIpc) is 2.60. The largest absolute Gasteiger partial charge is 0.354 e. The zero-order chi connectivity index (χ0) is 12.8. The molecular formula is C11H17F2N3O. The van der Waals surface area contributed by atoms with Crippen molar-refractivity contribution in [3.63, 3.8) is 0 Å². The summed E-state index contributed by atoms with van der Waals surface area (Å²) in [6.45, 7) is 4.05. The van der Waals surface area contributed by atoms with Crippen molar-refractivity contribution >= 4 is 5.91 Å². The summed E-state index contributed by atoms with van der Waals surface area (Å²) in [6, 6.07) is 1.30. The van der Waals surface area contributed by atoms with Crippen molar-refractivity contribution in [2.24, 2.45) is 0 Å². The number of carbonyl (C=O) groups is 1. The molecule has 0 spiro atoms. The molecular weight excluding hydrogens is 228 g/mol.